The average Bonchev–Trinajstić information content (AvgIpc) is 3.12. The van der Waals surface area contributed by atoms with Crippen LogP contribution in [0.2, 0.25) is 0 Å². The third kappa shape index (κ3) is 5.41. The molecule has 3 rings (SSSR count). The molecule has 5 nitrogen and oxygen atoms in total. The molecular weight excluding hydrogens is 314 g/mol. The smallest absolute Gasteiger partial charge is 0.196 e. The van der Waals surface area contributed by atoms with Crippen LogP contribution in [0.25, 0.3) is 0 Å². The normalized spacial score (nSPS) is 15.3. The number of phenols is 2. The molecule has 0 atom stereocenters. The van der Waals surface area contributed by atoms with Crippen molar-refractivity contribution in [3.63, 3.8) is 0 Å². The van der Waals surface area contributed by atoms with Crippen molar-refractivity contribution in [2.75, 3.05) is 11.9 Å². The zero-order valence-corrected chi connectivity index (χ0v) is 14.3. The van der Waals surface area contributed by atoms with Crippen molar-refractivity contribution in [3.05, 3.63) is 54.1 Å². The predicted molar refractivity (Wildman–Crippen MR) is 101 cm³/mol. The molecule has 1 aliphatic carbocycles. The number of aliphatic imine (C=N–C) groups is 1. The molecule has 5 heteroatoms. The molecule has 0 bridgehead atoms. The van der Waals surface area contributed by atoms with Gasteiger partial charge in [0.15, 0.2) is 5.96 Å². The van der Waals surface area contributed by atoms with Gasteiger partial charge in [0.25, 0.3) is 0 Å². The topological polar surface area (TPSA) is 76.9 Å². The van der Waals surface area contributed by atoms with Crippen LogP contribution >= 0.6 is 0 Å². The molecule has 25 heavy (non-hydrogen) atoms. The first-order valence-corrected chi connectivity index (χ1v) is 8.84. The van der Waals surface area contributed by atoms with Gasteiger partial charge in [0.05, 0.1) is 0 Å². The number of hydrogen-bond acceptors (Lipinski definition) is 3. The van der Waals surface area contributed by atoms with Crippen LogP contribution in [0.3, 0.4) is 0 Å². The van der Waals surface area contributed by atoms with Gasteiger partial charge < -0.3 is 20.8 Å². The van der Waals surface area contributed by atoms with E-state index in [2.05, 4.69) is 10.6 Å². The summed E-state index contributed by atoms with van der Waals surface area (Å²) in [5.74, 6) is 1.31. The number of nitrogens with one attached hydrogen (secondary N) is 2. The van der Waals surface area contributed by atoms with E-state index in [0.717, 1.165) is 23.6 Å². The van der Waals surface area contributed by atoms with E-state index in [1.807, 2.05) is 24.3 Å². The van der Waals surface area contributed by atoms with Gasteiger partial charge in [-0.15, -0.1) is 0 Å². The van der Waals surface area contributed by atoms with Gasteiger partial charge in [0, 0.05) is 18.3 Å². The standard InChI is InChI=1S/C20H25N3O2/c24-18-9-5-15(6-10-18)13-14-21-20(22-16-3-1-2-4-16)23-17-7-11-19(25)12-8-17/h5-12,16,24-25H,1-4,13-14H2,(H2,21,22,23). The van der Waals surface area contributed by atoms with Crippen molar-refractivity contribution in [1.82, 2.24) is 5.32 Å². The summed E-state index contributed by atoms with van der Waals surface area (Å²) in [6.07, 6.45) is 5.69. The van der Waals surface area contributed by atoms with Crippen molar-refractivity contribution in [2.45, 2.75) is 38.1 Å². The highest BCUT2D eigenvalue weighted by molar-refractivity contribution is 5.93. The zero-order valence-electron chi connectivity index (χ0n) is 14.3. The average molecular weight is 339 g/mol. The second-order valence-electron chi connectivity index (χ2n) is 6.44. The van der Waals surface area contributed by atoms with Crippen molar-refractivity contribution < 1.29 is 10.2 Å². The predicted octanol–water partition coefficient (Wildman–Crippen LogP) is 3.64. The Balaban J connectivity index is 1.63. The molecule has 1 fully saturated rings. The third-order valence-electron chi connectivity index (χ3n) is 4.43. The highest BCUT2D eigenvalue weighted by Gasteiger charge is 2.16. The Morgan fingerprint density at radius 1 is 0.920 bits per heavy atom. The molecule has 1 saturated carbocycles. The molecule has 0 spiro atoms. The number of guanidine groups is 1. The SMILES string of the molecule is Oc1ccc(CCN=C(Nc2ccc(O)cc2)NC2CCCC2)cc1. The minimum absolute atomic E-state index is 0.250. The zero-order chi connectivity index (χ0) is 17.5. The lowest BCUT2D eigenvalue weighted by Gasteiger charge is -2.17. The van der Waals surface area contributed by atoms with Gasteiger partial charge in [-0.3, -0.25) is 4.99 Å². The van der Waals surface area contributed by atoms with Gasteiger partial charge in [-0.05, 0) is 61.2 Å². The number of rotatable bonds is 5. The molecule has 0 aliphatic heterocycles. The molecule has 0 radical (unpaired) electrons. The van der Waals surface area contributed by atoms with E-state index in [0.29, 0.717) is 12.6 Å². The summed E-state index contributed by atoms with van der Waals surface area (Å²) in [6.45, 7) is 0.658. The second-order valence-corrected chi connectivity index (χ2v) is 6.44. The van der Waals surface area contributed by atoms with Gasteiger partial charge in [-0.25, -0.2) is 0 Å². The molecular formula is C20H25N3O2. The Labute approximate surface area is 148 Å². The van der Waals surface area contributed by atoms with Crippen LogP contribution < -0.4 is 10.6 Å². The lowest BCUT2D eigenvalue weighted by atomic mass is 10.1. The van der Waals surface area contributed by atoms with E-state index in [-0.39, 0.29) is 11.5 Å². The maximum absolute atomic E-state index is 9.42. The highest BCUT2D eigenvalue weighted by atomic mass is 16.3. The molecule has 0 amide bonds. The molecule has 2 aromatic carbocycles. The number of phenolic OH excluding ortho intramolecular Hbond substituents is 2. The van der Waals surface area contributed by atoms with Crippen LogP contribution in [0, 0.1) is 0 Å². The van der Waals surface area contributed by atoms with Crippen molar-refractivity contribution in [3.8, 4) is 11.5 Å². The van der Waals surface area contributed by atoms with Crippen molar-refractivity contribution in [2.24, 2.45) is 4.99 Å². The van der Waals surface area contributed by atoms with Crippen molar-refractivity contribution in [1.29, 1.82) is 0 Å². The van der Waals surface area contributed by atoms with E-state index in [1.54, 1.807) is 24.3 Å². The molecule has 0 unspecified atom stereocenters. The van der Waals surface area contributed by atoms with Crippen LogP contribution in [0.4, 0.5) is 5.69 Å². The Kier molecular flexibility index (Phi) is 5.77. The molecule has 4 N–H and O–H groups in total. The fourth-order valence-electron chi connectivity index (χ4n) is 3.03. The number of aromatic hydroxyl groups is 2. The maximum atomic E-state index is 9.42. The summed E-state index contributed by atoms with van der Waals surface area (Å²) < 4.78 is 0. The van der Waals surface area contributed by atoms with Gasteiger partial charge in [-0.1, -0.05) is 25.0 Å². The first kappa shape index (κ1) is 17.1. The lowest BCUT2D eigenvalue weighted by molar-refractivity contribution is 0.474. The second kappa shape index (κ2) is 8.42. The van der Waals surface area contributed by atoms with E-state index in [4.69, 9.17) is 4.99 Å². The van der Waals surface area contributed by atoms with Gasteiger partial charge in [0.1, 0.15) is 11.5 Å². The Morgan fingerprint density at radius 3 is 2.16 bits per heavy atom. The fourth-order valence-corrected chi connectivity index (χ4v) is 3.03. The van der Waals surface area contributed by atoms with Crippen LogP contribution in [0.1, 0.15) is 31.2 Å². The van der Waals surface area contributed by atoms with Gasteiger partial charge in [0.2, 0.25) is 0 Å². The Bertz CT molecular complexity index is 690. The number of anilines is 1. The minimum atomic E-state index is 0.250. The summed E-state index contributed by atoms with van der Waals surface area (Å²) >= 11 is 0. The van der Waals surface area contributed by atoms with E-state index < -0.39 is 0 Å². The molecule has 0 saturated heterocycles. The van der Waals surface area contributed by atoms with Gasteiger partial charge in [-0.2, -0.15) is 0 Å². The maximum Gasteiger partial charge on any atom is 0.196 e. The fraction of sp³-hybridized carbons (Fsp3) is 0.350. The highest BCUT2D eigenvalue weighted by Crippen LogP contribution is 2.18. The largest absolute Gasteiger partial charge is 0.508 e. The van der Waals surface area contributed by atoms with Gasteiger partial charge >= 0.3 is 0 Å². The first-order valence-electron chi connectivity index (χ1n) is 8.84. The monoisotopic (exact) mass is 339 g/mol. The summed E-state index contributed by atoms with van der Waals surface area (Å²) in [7, 11) is 0. The lowest BCUT2D eigenvalue weighted by Crippen LogP contribution is -2.38. The molecule has 1 aliphatic rings. The number of benzene rings is 2. The molecule has 0 heterocycles. The van der Waals surface area contributed by atoms with Crippen LogP contribution in [0.5, 0.6) is 11.5 Å². The molecule has 0 aromatic heterocycles. The summed E-state index contributed by atoms with van der Waals surface area (Å²) in [4.78, 5) is 4.69. The Morgan fingerprint density at radius 2 is 1.52 bits per heavy atom. The van der Waals surface area contributed by atoms with Crippen LogP contribution in [0.15, 0.2) is 53.5 Å². The molecule has 2 aromatic rings. The van der Waals surface area contributed by atoms with Crippen molar-refractivity contribution >= 4 is 11.6 Å². The number of nitrogens with zero attached hydrogens (tertiary/aromatic N) is 1. The van der Waals surface area contributed by atoms with Crippen LogP contribution in [-0.4, -0.2) is 28.8 Å². The molecule has 132 valence electrons. The van der Waals surface area contributed by atoms with Crippen LogP contribution in [-0.2, 0) is 6.42 Å². The summed E-state index contributed by atoms with van der Waals surface area (Å²) in [5.41, 5.74) is 2.04. The minimum Gasteiger partial charge on any atom is -0.508 e. The third-order valence-corrected chi connectivity index (χ3v) is 4.43. The Hall–Kier alpha value is -2.69. The van der Waals surface area contributed by atoms with E-state index in [1.165, 1.54) is 25.7 Å². The van der Waals surface area contributed by atoms with E-state index in [9.17, 15) is 10.2 Å². The summed E-state index contributed by atoms with van der Waals surface area (Å²) in [5, 5.41) is 25.6. The number of hydrogen-bond donors (Lipinski definition) is 4. The first-order chi connectivity index (χ1) is 12.2. The quantitative estimate of drug-likeness (QED) is 0.381. The van der Waals surface area contributed by atoms with E-state index >= 15 is 0 Å². The summed E-state index contributed by atoms with van der Waals surface area (Å²) in [6, 6.07) is 14.7.